The number of carbonyl (C=O) groups is 1. The Morgan fingerprint density at radius 2 is 1.63 bits per heavy atom. The normalized spacial score (nSPS) is 10.6. The van der Waals surface area contributed by atoms with Crippen molar-refractivity contribution in [3.63, 3.8) is 0 Å². The van der Waals surface area contributed by atoms with Crippen molar-refractivity contribution in [3.05, 3.63) is 64.5 Å². The molecule has 0 fully saturated rings. The summed E-state index contributed by atoms with van der Waals surface area (Å²) < 4.78 is 5.54. The summed E-state index contributed by atoms with van der Waals surface area (Å²) in [5.41, 5.74) is 15.6. The average Bonchev–Trinajstić information content (AvgIpc) is 2.71. The van der Waals surface area contributed by atoms with Crippen LogP contribution in [0.1, 0.15) is 29.6 Å². The van der Waals surface area contributed by atoms with Gasteiger partial charge in [-0.15, -0.1) is 0 Å². The molecule has 0 radical (unpaired) electrons. The minimum atomic E-state index is 0.0824. The van der Waals surface area contributed by atoms with Crippen LogP contribution in [0, 0.1) is 0 Å². The second-order valence-electron chi connectivity index (χ2n) is 5.71. The molecule has 0 atom stereocenters. The molecule has 0 unspecified atom stereocenters. The van der Waals surface area contributed by atoms with Crippen molar-refractivity contribution in [1.82, 2.24) is 0 Å². The first-order valence-corrected chi connectivity index (χ1v) is 8.71. The molecular weight excluding hydrogens is 344 g/mol. The summed E-state index contributed by atoms with van der Waals surface area (Å²) >= 11 is 0. The maximum atomic E-state index is 11.9. The smallest absolute Gasteiger partial charge is 0.162 e. The highest BCUT2D eigenvalue weighted by Gasteiger charge is 2.04. The lowest BCUT2D eigenvalue weighted by Crippen LogP contribution is -2.04. The number of hydrogen-bond donors (Lipinski definition) is 1. The number of Topliss-reactive ketones (excluding diaryl/α,β-unsaturated/α-hetero) is 1. The van der Waals surface area contributed by atoms with E-state index in [9.17, 15) is 4.79 Å². The molecule has 2 rings (SSSR count). The van der Waals surface area contributed by atoms with Crippen molar-refractivity contribution >= 4 is 17.2 Å². The molecule has 2 aromatic carbocycles. The van der Waals surface area contributed by atoms with Gasteiger partial charge in [0.1, 0.15) is 5.75 Å². The second-order valence-corrected chi connectivity index (χ2v) is 5.71. The summed E-state index contributed by atoms with van der Waals surface area (Å²) in [5, 5.41) is 11.8. The van der Waals surface area contributed by atoms with Crippen molar-refractivity contribution < 1.29 is 9.53 Å². The van der Waals surface area contributed by atoms with Crippen LogP contribution in [-0.4, -0.2) is 25.5 Å². The molecular formula is C19H22N6O2. The van der Waals surface area contributed by atoms with Crippen LogP contribution in [0.4, 0.5) is 11.4 Å². The van der Waals surface area contributed by atoms with Gasteiger partial charge < -0.3 is 10.5 Å². The summed E-state index contributed by atoms with van der Waals surface area (Å²) in [6, 6.07) is 14.2. The lowest BCUT2D eigenvalue weighted by molar-refractivity contribution is 0.0981. The highest BCUT2D eigenvalue weighted by Crippen LogP contribution is 2.22. The van der Waals surface area contributed by atoms with E-state index in [-0.39, 0.29) is 5.78 Å². The standard InChI is InChI=1S/C19H22N6O2/c20-12-1-3-19(26)15-4-6-16(7-5-15)23-24-17-8-10-18(11-9-17)27-14-2-13-22-25-21/h4-11H,1-3,12-14,20H2. The molecule has 140 valence electrons. The summed E-state index contributed by atoms with van der Waals surface area (Å²) in [6.45, 7) is 1.41. The fourth-order valence-corrected chi connectivity index (χ4v) is 2.22. The number of carbonyl (C=O) groups excluding carboxylic acids is 1. The molecule has 0 amide bonds. The first-order valence-electron chi connectivity index (χ1n) is 8.71. The van der Waals surface area contributed by atoms with Crippen LogP contribution in [0.2, 0.25) is 0 Å². The fourth-order valence-electron chi connectivity index (χ4n) is 2.22. The third kappa shape index (κ3) is 7.27. The maximum Gasteiger partial charge on any atom is 0.162 e. The molecule has 8 nitrogen and oxygen atoms in total. The predicted molar refractivity (Wildman–Crippen MR) is 104 cm³/mol. The summed E-state index contributed by atoms with van der Waals surface area (Å²) in [4.78, 5) is 14.6. The molecule has 8 heteroatoms. The minimum absolute atomic E-state index is 0.0824. The number of nitrogens with zero attached hydrogens (tertiary/aromatic N) is 5. The summed E-state index contributed by atoms with van der Waals surface area (Å²) in [6.07, 6.45) is 1.81. The quantitative estimate of drug-likeness (QED) is 0.195. The van der Waals surface area contributed by atoms with Crippen LogP contribution in [-0.2, 0) is 0 Å². The topological polar surface area (TPSA) is 126 Å². The zero-order chi connectivity index (χ0) is 19.3. The van der Waals surface area contributed by atoms with Crippen molar-refractivity contribution in [2.24, 2.45) is 21.1 Å². The third-order valence-corrected chi connectivity index (χ3v) is 3.65. The van der Waals surface area contributed by atoms with Gasteiger partial charge in [0.2, 0.25) is 0 Å². The van der Waals surface area contributed by atoms with Crippen LogP contribution in [0.15, 0.2) is 63.9 Å². The lowest BCUT2D eigenvalue weighted by Gasteiger charge is -2.04. The van der Waals surface area contributed by atoms with Crippen LogP contribution in [0.3, 0.4) is 0 Å². The third-order valence-electron chi connectivity index (χ3n) is 3.65. The maximum absolute atomic E-state index is 11.9. The van der Waals surface area contributed by atoms with Crippen LogP contribution < -0.4 is 10.5 Å². The fraction of sp³-hybridized carbons (Fsp3) is 0.316. The monoisotopic (exact) mass is 366 g/mol. The number of benzene rings is 2. The zero-order valence-electron chi connectivity index (χ0n) is 15.0. The predicted octanol–water partition coefficient (Wildman–Crippen LogP) is 5.10. The largest absolute Gasteiger partial charge is 0.494 e. The number of azide groups is 1. The molecule has 0 saturated carbocycles. The number of ether oxygens (including phenoxy) is 1. The van der Waals surface area contributed by atoms with Gasteiger partial charge in [-0.05, 0) is 73.4 Å². The van der Waals surface area contributed by atoms with Gasteiger partial charge in [-0.25, -0.2) is 0 Å². The van der Waals surface area contributed by atoms with E-state index in [0.29, 0.717) is 55.9 Å². The number of nitrogens with two attached hydrogens (primary N) is 1. The minimum Gasteiger partial charge on any atom is -0.494 e. The van der Waals surface area contributed by atoms with Gasteiger partial charge in [0.15, 0.2) is 5.78 Å². The van der Waals surface area contributed by atoms with Gasteiger partial charge in [0, 0.05) is 23.4 Å². The number of ketones is 1. The van der Waals surface area contributed by atoms with Gasteiger partial charge in [0.25, 0.3) is 0 Å². The number of rotatable bonds is 11. The Kier molecular flexibility index (Phi) is 8.49. The van der Waals surface area contributed by atoms with Gasteiger partial charge in [-0.1, -0.05) is 5.11 Å². The number of azo groups is 1. The molecule has 0 bridgehead atoms. The highest BCUT2D eigenvalue weighted by molar-refractivity contribution is 5.96. The van der Waals surface area contributed by atoms with Crippen molar-refractivity contribution in [1.29, 1.82) is 0 Å². The molecule has 0 aliphatic carbocycles. The van der Waals surface area contributed by atoms with Crippen LogP contribution >= 0.6 is 0 Å². The summed E-state index contributed by atoms with van der Waals surface area (Å²) in [5.74, 6) is 0.800. The Morgan fingerprint density at radius 3 is 2.22 bits per heavy atom. The molecule has 0 aliphatic heterocycles. The van der Waals surface area contributed by atoms with Gasteiger partial charge in [-0.2, -0.15) is 10.2 Å². The van der Waals surface area contributed by atoms with E-state index < -0.39 is 0 Å². The van der Waals surface area contributed by atoms with Gasteiger partial charge in [0.05, 0.1) is 18.0 Å². The molecule has 2 aromatic rings. The van der Waals surface area contributed by atoms with Crippen LogP contribution in [0.25, 0.3) is 10.4 Å². The molecule has 0 aromatic heterocycles. The molecule has 0 heterocycles. The van der Waals surface area contributed by atoms with Crippen molar-refractivity contribution in [2.45, 2.75) is 19.3 Å². The van der Waals surface area contributed by atoms with Gasteiger partial charge >= 0.3 is 0 Å². The molecule has 2 N–H and O–H groups in total. The molecule has 0 saturated heterocycles. The Labute approximate surface area is 157 Å². The zero-order valence-corrected chi connectivity index (χ0v) is 15.0. The lowest BCUT2D eigenvalue weighted by atomic mass is 10.1. The first-order chi connectivity index (χ1) is 13.2. The summed E-state index contributed by atoms with van der Waals surface area (Å²) in [7, 11) is 0. The number of hydrogen-bond acceptors (Lipinski definition) is 6. The van der Waals surface area contributed by atoms with E-state index in [4.69, 9.17) is 16.0 Å². The van der Waals surface area contributed by atoms with E-state index in [0.717, 1.165) is 5.75 Å². The SMILES string of the molecule is [N-]=[N+]=NCCCOc1ccc(N=Nc2ccc(C(=O)CCCN)cc2)cc1. The molecule has 0 spiro atoms. The molecule has 27 heavy (non-hydrogen) atoms. The van der Waals surface area contributed by atoms with Gasteiger partial charge in [-0.3, -0.25) is 4.79 Å². The Hall–Kier alpha value is -3.22. The highest BCUT2D eigenvalue weighted by atomic mass is 16.5. The van der Waals surface area contributed by atoms with Crippen LogP contribution in [0.5, 0.6) is 5.75 Å². The van der Waals surface area contributed by atoms with Crippen molar-refractivity contribution in [2.75, 3.05) is 19.7 Å². The van der Waals surface area contributed by atoms with E-state index in [1.165, 1.54) is 0 Å². The second kappa shape index (κ2) is 11.4. The first kappa shape index (κ1) is 20.1. The average molecular weight is 366 g/mol. The van der Waals surface area contributed by atoms with Crippen molar-refractivity contribution in [3.8, 4) is 5.75 Å². The van der Waals surface area contributed by atoms with E-state index in [1.807, 2.05) is 0 Å². The molecule has 0 aliphatic rings. The Morgan fingerprint density at radius 1 is 1.00 bits per heavy atom. The Balaban J connectivity index is 1.86. The van der Waals surface area contributed by atoms with E-state index in [1.54, 1.807) is 48.5 Å². The Bertz CT molecular complexity index is 796. The van der Waals surface area contributed by atoms with E-state index in [2.05, 4.69) is 20.3 Å². The van der Waals surface area contributed by atoms with E-state index >= 15 is 0 Å².